The van der Waals surface area contributed by atoms with E-state index in [0.29, 0.717) is 38.2 Å². The number of carbonyl (C=O) groups is 2. The van der Waals surface area contributed by atoms with E-state index in [1.807, 2.05) is 40.1 Å². The van der Waals surface area contributed by atoms with Crippen LogP contribution in [0.5, 0.6) is 0 Å². The third-order valence-corrected chi connectivity index (χ3v) is 6.91. The van der Waals surface area contributed by atoms with Crippen LogP contribution in [-0.4, -0.2) is 52.0 Å². The number of rotatable bonds is 3. The van der Waals surface area contributed by atoms with Crippen LogP contribution in [-0.2, 0) is 4.79 Å². The van der Waals surface area contributed by atoms with Gasteiger partial charge in [-0.15, -0.1) is 0 Å². The van der Waals surface area contributed by atoms with E-state index in [1.54, 1.807) is 12.1 Å². The van der Waals surface area contributed by atoms with Crippen molar-refractivity contribution in [3.8, 4) is 0 Å². The lowest BCUT2D eigenvalue weighted by atomic mass is 9.89. The molecule has 3 aliphatic rings. The number of aliphatic hydroxyl groups is 1. The summed E-state index contributed by atoms with van der Waals surface area (Å²) >= 11 is 0. The average molecular weight is 394 g/mol. The Hall–Kier alpha value is -2.60. The molecule has 6 heteroatoms. The zero-order valence-corrected chi connectivity index (χ0v) is 16.4. The van der Waals surface area contributed by atoms with E-state index < -0.39 is 5.60 Å². The van der Waals surface area contributed by atoms with E-state index in [4.69, 9.17) is 4.42 Å². The molecule has 1 saturated carbocycles. The Bertz CT molecular complexity index is 889. The van der Waals surface area contributed by atoms with Crippen molar-refractivity contribution in [3.05, 3.63) is 60.1 Å². The van der Waals surface area contributed by atoms with Gasteiger partial charge in [0.1, 0.15) is 5.60 Å². The van der Waals surface area contributed by atoms with Crippen molar-refractivity contribution < 1.29 is 19.1 Å². The van der Waals surface area contributed by atoms with Crippen LogP contribution in [0.15, 0.2) is 53.1 Å². The number of amides is 2. The predicted octanol–water partition coefficient (Wildman–Crippen LogP) is 2.86. The maximum atomic E-state index is 13.1. The quantitative estimate of drug-likeness (QED) is 0.869. The molecule has 1 N–H and O–H groups in total. The first-order chi connectivity index (χ1) is 14.1. The van der Waals surface area contributed by atoms with Gasteiger partial charge in [0.15, 0.2) is 5.76 Å². The standard InChI is InChI=1S/C23H26N2O4/c26-21(19-9-6-12-29-19)25-14-17-13-24(22(27)23(28)10-4-5-11-23)15-18(17)20(25)16-7-2-1-3-8-16/h1-3,6-9,12,17-18,20,28H,4-5,10-11,13-15H2/t17-,18-,20+/m0/s1. The summed E-state index contributed by atoms with van der Waals surface area (Å²) < 4.78 is 5.37. The lowest BCUT2D eigenvalue weighted by molar-refractivity contribution is -0.150. The summed E-state index contributed by atoms with van der Waals surface area (Å²) in [6.07, 6.45) is 4.44. The minimum atomic E-state index is -1.19. The second-order valence-corrected chi connectivity index (χ2v) is 8.66. The van der Waals surface area contributed by atoms with Gasteiger partial charge in [0.25, 0.3) is 11.8 Å². The van der Waals surface area contributed by atoms with Crippen molar-refractivity contribution in [1.29, 1.82) is 0 Å². The highest BCUT2D eigenvalue weighted by atomic mass is 16.3. The Morgan fingerprint density at radius 3 is 2.45 bits per heavy atom. The van der Waals surface area contributed by atoms with Gasteiger partial charge in [0.05, 0.1) is 12.3 Å². The fraction of sp³-hybridized carbons (Fsp3) is 0.478. The van der Waals surface area contributed by atoms with Crippen LogP contribution in [0.25, 0.3) is 0 Å². The molecule has 3 heterocycles. The van der Waals surface area contributed by atoms with E-state index in [-0.39, 0.29) is 29.7 Å². The molecule has 0 unspecified atom stereocenters. The molecule has 3 atom stereocenters. The van der Waals surface area contributed by atoms with Crippen LogP contribution in [0.4, 0.5) is 0 Å². The minimum absolute atomic E-state index is 0.102. The summed E-state index contributed by atoms with van der Waals surface area (Å²) in [5.74, 6) is 0.475. The van der Waals surface area contributed by atoms with Crippen molar-refractivity contribution in [2.75, 3.05) is 19.6 Å². The van der Waals surface area contributed by atoms with E-state index in [9.17, 15) is 14.7 Å². The molecule has 1 aromatic carbocycles. The molecule has 152 valence electrons. The van der Waals surface area contributed by atoms with Gasteiger partial charge in [-0.25, -0.2) is 0 Å². The first-order valence-corrected chi connectivity index (χ1v) is 10.5. The Balaban J connectivity index is 1.42. The van der Waals surface area contributed by atoms with Crippen LogP contribution in [0.1, 0.15) is 47.8 Å². The maximum absolute atomic E-state index is 13.1. The zero-order valence-electron chi connectivity index (χ0n) is 16.4. The number of benzene rings is 1. The lowest BCUT2D eigenvalue weighted by Crippen LogP contribution is -2.47. The van der Waals surface area contributed by atoms with Crippen molar-refractivity contribution in [2.24, 2.45) is 11.8 Å². The third-order valence-electron chi connectivity index (χ3n) is 6.91. The van der Waals surface area contributed by atoms with Crippen LogP contribution >= 0.6 is 0 Å². The van der Waals surface area contributed by atoms with Crippen molar-refractivity contribution in [1.82, 2.24) is 9.80 Å². The minimum Gasteiger partial charge on any atom is -0.459 e. The second kappa shape index (κ2) is 7.02. The summed E-state index contributed by atoms with van der Waals surface area (Å²) in [5.41, 5.74) is -0.112. The summed E-state index contributed by atoms with van der Waals surface area (Å²) in [4.78, 5) is 29.9. The van der Waals surface area contributed by atoms with E-state index in [1.165, 1.54) is 6.26 Å². The van der Waals surface area contributed by atoms with Gasteiger partial charge >= 0.3 is 0 Å². The first-order valence-electron chi connectivity index (χ1n) is 10.5. The highest BCUT2D eigenvalue weighted by molar-refractivity contribution is 5.92. The highest BCUT2D eigenvalue weighted by Crippen LogP contribution is 2.46. The molecule has 2 aromatic rings. The van der Waals surface area contributed by atoms with Gasteiger partial charge in [-0.05, 0) is 43.4 Å². The molecule has 6 nitrogen and oxygen atoms in total. The summed E-state index contributed by atoms with van der Waals surface area (Å²) in [6.45, 7) is 1.76. The molecule has 0 radical (unpaired) electrons. The largest absolute Gasteiger partial charge is 0.459 e. The molecule has 1 aliphatic carbocycles. The molecule has 0 bridgehead atoms. The van der Waals surface area contributed by atoms with Gasteiger partial charge in [-0.1, -0.05) is 30.3 Å². The first kappa shape index (κ1) is 18.4. The van der Waals surface area contributed by atoms with Crippen LogP contribution in [0, 0.1) is 11.8 Å². The van der Waals surface area contributed by atoms with Gasteiger partial charge < -0.3 is 19.3 Å². The smallest absolute Gasteiger partial charge is 0.290 e. The molecule has 29 heavy (non-hydrogen) atoms. The van der Waals surface area contributed by atoms with Crippen LogP contribution < -0.4 is 0 Å². The van der Waals surface area contributed by atoms with E-state index in [0.717, 1.165) is 18.4 Å². The normalized spacial score (nSPS) is 28.0. The fourth-order valence-electron chi connectivity index (χ4n) is 5.51. The Kier molecular flexibility index (Phi) is 4.46. The molecular formula is C23H26N2O4. The molecular weight excluding hydrogens is 368 g/mol. The number of likely N-dealkylation sites (tertiary alicyclic amines) is 2. The van der Waals surface area contributed by atoms with Gasteiger partial charge in [0.2, 0.25) is 0 Å². The summed E-state index contributed by atoms with van der Waals surface area (Å²) in [6, 6.07) is 13.3. The SMILES string of the molecule is O=C(c1ccco1)N1C[C@@H]2CN(C(=O)C3(O)CCCC3)C[C@@H]2[C@H]1c1ccccc1. The average Bonchev–Trinajstić information content (AvgIpc) is 3.51. The molecule has 2 aliphatic heterocycles. The van der Waals surface area contributed by atoms with E-state index >= 15 is 0 Å². The maximum Gasteiger partial charge on any atom is 0.290 e. The topological polar surface area (TPSA) is 74.0 Å². The third kappa shape index (κ3) is 3.06. The van der Waals surface area contributed by atoms with Crippen LogP contribution in [0.3, 0.4) is 0 Å². The monoisotopic (exact) mass is 394 g/mol. The van der Waals surface area contributed by atoms with Crippen molar-refractivity contribution in [3.63, 3.8) is 0 Å². The molecule has 2 amide bonds. The highest BCUT2D eigenvalue weighted by Gasteiger charge is 2.53. The Labute approximate surface area is 170 Å². The molecule has 5 rings (SSSR count). The Morgan fingerprint density at radius 1 is 1.00 bits per heavy atom. The predicted molar refractivity (Wildman–Crippen MR) is 106 cm³/mol. The number of hydrogen-bond donors (Lipinski definition) is 1. The lowest BCUT2D eigenvalue weighted by Gasteiger charge is -2.32. The Morgan fingerprint density at radius 2 is 1.76 bits per heavy atom. The zero-order chi connectivity index (χ0) is 20.0. The summed E-state index contributed by atoms with van der Waals surface area (Å²) in [7, 11) is 0. The van der Waals surface area contributed by atoms with E-state index in [2.05, 4.69) is 0 Å². The molecule has 0 spiro atoms. The fourth-order valence-corrected chi connectivity index (χ4v) is 5.51. The number of furan rings is 1. The van der Waals surface area contributed by atoms with Gasteiger partial charge in [-0.2, -0.15) is 0 Å². The van der Waals surface area contributed by atoms with Crippen LogP contribution in [0.2, 0.25) is 0 Å². The second-order valence-electron chi connectivity index (χ2n) is 8.66. The number of carbonyl (C=O) groups excluding carboxylic acids is 2. The van der Waals surface area contributed by atoms with Crippen molar-refractivity contribution >= 4 is 11.8 Å². The van der Waals surface area contributed by atoms with Gasteiger partial charge in [-0.3, -0.25) is 9.59 Å². The molecule has 3 fully saturated rings. The van der Waals surface area contributed by atoms with Gasteiger partial charge in [0, 0.05) is 31.5 Å². The number of fused-ring (bicyclic) bond motifs is 1. The van der Waals surface area contributed by atoms with Crippen molar-refractivity contribution in [2.45, 2.75) is 37.3 Å². The molecule has 2 saturated heterocycles. The number of nitrogens with zero attached hydrogens (tertiary/aromatic N) is 2. The molecule has 1 aromatic heterocycles. The number of hydrogen-bond acceptors (Lipinski definition) is 4. The summed E-state index contributed by atoms with van der Waals surface area (Å²) in [5, 5.41) is 10.8.